The molecule has 2 aromatic carbocycles. The third kappa shape index (κ3) is 6.91. The lowest BCUT2D eigenvalue weighted by atomic mass is 10.0. The van der Waals surface area contributed by atoms with Gasteiger partial charge in [0.15, 0.2) is 5.96 Å². The second-order valence-corrected chi connectivity index (χ2v) is 5.92. The minimum Gasteiger partial charge on any atom is -0.453 e. The van der Waals surface area contributed by atoms with Crippen LogP contribution in [0.15, 0.2) is 53.5 Å². The molecule has 0 aliphatic heterocycles. The number of nitrogens with one attached hydrogen (secondary N) is 2. The first-order chi connectivity index (χ1) is 12.0. The summed E-state index contributed by atoms with van der Waals surface area (Å²) in [5, 5.41) is 5.70. The normalized spacial score (nSPS) is 10.8. The third-order valence-electron chi connectivity index (χ3n) is 3.64. The van der Waals surface area contributed by atoms with Gasteiger partial charge in [-0.1, -0.05) is 38.1 Å². The summed E-state index contributed by atoms with van der Waals surface area (Å²) in [5.41, 5.74) is 9.77. The van der Waals surface area contributed by atoms with Crippen molar-refractivity contribution in [2.45, 2.75) is 26.3 Å². The summed E-state index contributed by atoms with van der Waals surface area (Å²) in [5.74, 6) is 0.815. The Morgan fingerprint density at radius 3 is 2.42 bits per heavy atom. The molecule has 140 valence electrons. The van der Waals surface area contributed by atoms with Crippen molar-refractivity contribution in [3.63, 3.8) is 0 Å². The minimum atomic E-state index is -0.497. The van der Waals surface area contributed by atoms with Crippen LogP contribution in [0.3, 0.4) is 0 Å². The number of amides is 1. The number of anilines is 2. The van der Waals surface area contributed by atoms with Gasteiger partial charge in [-0.05, 0) is 41.3 Å². The zero-order valence-electron chi connectivity index (χ0n) is 15.2. The van der Waals surface area contributed by atoms with Gasteiger partial charge in [0, 0.05) is 11.4 Å². The fourth-order valence-electron chi connectivity index (χ4n) is 2.20. The highest BCUT2D eigenvalue weighted by Crippen LogP contribution is 2.18. The SMILES string of the molecule is COC(=O)Nc1ccc(CN=C(N)Nc2cccc(C(C)C)c2)cc1.I. The second-order valence-electron chi connectivity index (χ2n) is 5.92. The smallest absolute Gasteiger partial charge is 0.411 e. The van der Waals surface area contributed by atoms with Crippen molar-refractivity contribution in [3.05, 3.63) is 59.7 Å². The molecule has 0 fully saturated rings. The van der Waals surface area contributed by atoms with E-state index in [1.54, 1.807) is 12.1 Å². The summed E-state index contributed by atoms with van der Waals surface area (Å²) in [6.07, 6.45) is -0.497. The molecule has 2 aromatic rings. The quantitative estimate of drug-likeness (QED) is 0.342. The van der Waals surface area contributed by atoms with E-state index in [0.29, 0.717) is 24.1 Å². The molecule has 26 heavy (non-hydrogen) atoms. The van der Waals surface area contributed by atoms with Gasteiger partial charge >= 0.3 is 6.09 Å². The molecule has 0 aromatic heterocycles. The van der Waals surface area contributed by atoms with Gasteiger partial charge in [0.1, 0.15) is 0 Å². The predicted molar refractivity (Wildman–Crippen MR) is 117 cm³/mol. The minimum absolute atomic E-state index is 0. The number of hydrogen-bond acceptors (Lipinski definition) is 3. The first kappa shape index (κ1) is 21.8. The number of benzene rings is 2. The summed E-state index contributed by atoms with van der Waals surface area (Å²) in [6, 6.07) is 15.4. The highest BCUT2D eigenvalue weighted by molar-refractivity contribution is 14.0. The Hall–Kier alpha value is -2.29. The van der Waals surface area contributed by atoms with Crippen LogP contribution in [-0.4, -0.2) is 19.2 Å². The molecule has 0 saturated carbocycles. The second kappa shape index (κ2) is 10.6. The molecule has 0 aliphatic carbocycles. The van der Waals surface area contributed by atoms with E-state index in [1.807, 2.05) is 24.3 Å². The molecule has 0 atom stereocenters. The van der Waals surface area contributed by atoms with Gasteiger partial charge in [-0.15, -0.1) is 24.0 Å². The number of aliphatic imine (C=N–C) groups is 1. The zero-order chi connectivity index (χ0) is 18.2. The van der Waals surface area contributed by atoms with E-state index < -0.39 is 6.09 Å². The van der Waals surface area contributed by atoms with E-state index in [0.717, 1.165) is 11.3 Å². The van der Waals surface area contributed by atoms with E-state index in [-0.39, 0.29) is 24.0 Å². The largest absolute Gasteiger partial charge is 0.453 e. The number of methoxy groups -OCH3 is 1. The van der Waals surface area contributed by atoms with Crippen LogP contribution in [0.5, 0.6) is 0 Å². The Morgan fingerprint density at radius 1 is 1.12 bits per heavy atom. The molecule has 4 N–H and O–H groups in total. The van der Waals surface area contributed by atoms with Crippen molar-refractivity contribution < 1.29 is 9.53 Å². The molecule has 2 rings (SSSR count). The molecule has 0 unspecified atom stereocenters. The van der Waals surface area contributed by atoms with Gasteiger partial charge in [0.25, 0.3) is 0 Å². The molecule has 0 saturated heterocycles. The molecule has 0 radical (unpaired) electrons. The van der Waals surface area contributed by atoms with Crippen LogP contribution in [0.4, 0.5) is 16.2 Å². The summed E-state index contributed by atoms with van der Waals surface area (Å²) in [4.78, 5) is 15.5. The van der Waals surface area contributed by atoms with E-state index in [2.05, 4.69) is 46.3 Å². The fourth-order valence-corrected chi connectivity index (χ4v) is 2.20. The lowest BCUT2D eigenvalue weighted by Crippen LogP contribution is -2.22. The average molecular weight is 468 g/mol. The number of carbonyl (C=O) groups excluding carboxylic acids is 1. The van der Waals surface area contributed by atoms with Crippen LogP contribution in [0, 0.1) is 0 Å². The van der Waals surface area contributed by atoms with Crippen molar-refractivity contribution in [2.24, 2.45) is 10.7 Å². The van der Waals surface area contributed by atoms with Crippen LogP contribution in [-0.2, 0) is 11.3 Å². The van der Waals surface area contributed by atoms with Crippen LogP contribution in [0.2, 0.25) is 0 Å². The average Bonchev–Trinajstić information content (AvgIpc) is 2.61. The number of guanidine groups is 1. The van der Waals surface area contributed by atoms with Gasteiger partial charge in [-0.25, -0.2) is 9.79 Å². The van der Waals surface area contributed by atoms with Crippen molar-refractivity contribution in [3.8, 4) is 0 Å². The summed E-state index contributed by atoms with van der Waals surface area (Å²) in [6.45, 7) is 4.74. The van der Waals surface area contributed by atoms with Crippen LogP contribution < -0.4 is 16.4 Å². The molecule has 0 spiro atoms. The summed E-state index contributed by atoms with van der Waals surface area (Å²) < 4.78 is 4.55. The number of nitrogens with zero attached hydrogens (tertiary/aromatic N) is 1. The van der Waals surface area contributed by atoms with Gasteiger partial charge < -0.3 is 15.8 Å². The Bertz CT molecular complexity index is 745. The molecule has 1 amide bonds. The lowest BCUT2D eigenvalue weighted by molar-refractivity contribution is 0.187. The topological polar surface area (TPSA) is 88.7 Å². The van der Waals surface area contributed by atoms with Crippen LogP contribution in [0.25, 0.3) is 0 Å². The number of nitrogens with two attached hydrogens (primary N) is 1. The molecular formula is C19H25IN4O2. The van der Waals surface area contributed by atoms with Crippen molar-refractivity contribution in [1.82, 2.24) is 0 Å². The molecule has 6 nitrogen and oxygen atoms in total. The summed E-state index contributed by atoms with van der Waals surface area (Å²) in [7, 11) is 1.32. The number of rotatable bonds is 5. The zero-order valence-corrected chi connectivity index (χ0v) is 17.5. The maximum atomic E-state index is 11.1. The lowest BCUT2D eigenvalue weighted by Gasteiger charge is -2.10. The molecule has 7 heteroatoms. The maximum Gasteiger partial charge on any atom is 0.411 e. The molecule has 0 bridgehead atoms. The molecular weight excluding hydrogens is 443 g/mol. The first-order valence-electron chi connectivity index (χ1n) is 8.08. The van der Waals surface area contributed by atoms with Gasteiger partial charge in [-0.2, -0.15) is 0 Å². The monoisotopic (exact) mass is 468 g/mol. The van der Waals surface area contributed by atoms with Crippen molar-refractivity contribution in [1.29, 1.82) is 0 Å². The van der Waals surface area contributed by atoms with E-state index in [4.69, 9.17) is 5.73 Å². The van der Waals surface area contributed by atoms with Gasteiger partial charge in [0.05, 0.1) is 13.7 Å². The Labute approximate surface area is 171 Å². The number of ether oxygens (including phenoxy) is 1. The Morgan fingerprint density at radius 2 is 1.81 bits per heavy atom. The standard InChI is InChI=1S/C19H24N4O2.HI/c1-13(2)15-5-4-6-17(11-15)22-18(20)21-12-14-7-9-16(10-8-14)23-19(24)25-3;/h4-11,13H,12H2,1-3H3,(H,23,24)(H3,20,21,22);1H. The van der Waals surface area contributed by atoms with Crippen molar-refractivity contribution in [2.75, 3.05) is 17.7 Å². The van der Waals surface area contributed by atoms with Gasteiger partial charge in [0.2, 0.25) is 0 Å². The Balaban J connectivity index is 0.00000338. The number of halogens is 1. The van der Waals surface area contributed by atoms with E-state index >= 15 is 0 Å². The van der Waals surface area contributed by atoms with E-state index in [1.165, 1.54) is 12.7 Å². The highest BCUT2D eigenvalue weighted by Gasteiger charge is 2.02. The first-order valence-corrected chi connectivity index (χ1v) is 8.08. The van der Waals surface area contributed by atoms with Crippen molar-refractivity contribution >= 4 is 47.4 Å². The van der Waals surface area contributed by atoms with Crippen LogP contribution in [0.1, 0.15) is 30.9 Å². The summed E-state index contributed by atoms with van der Waals surface area (Å²) >= 11 is 0. The Kier molecular flexibility index (Phi) is 8.91. The van der Waals surface area contributed by atoms with Gasteiger partial charge in [-0.3, -0.25) is 5.32 Å². The number of carbonyl (C=O) groups is 1. The third-order valence-corrected chi connectivity index (χ3v) is 3.64. The highest BCUT2D eigenvalue weighted by atomic mass is 127. The molecule has 0 heterocycles. The fraction of sp³-hybridized carbons (Fsp3) is 0.263. The predicted octanol–water partition coefficient (Wildman–Crippen LogP) is 4.53. The maximum absolute atomic E-state index is 11.1. The van der Waals surface area contributed by atoms with E-state index in [9.17, 15) is 4.79 Å². The number of hydrogen-bond donors (Lipinski definition) is 3. The molecule has 0 aliphatic rings. The van der Waals surface area contributed by atoms with Crippen LogP contribution >= 0.6 is 24.0 Å².